The minimum Gasteiger partial charge on any atom is -0.368 e. The Kier molecular flexibility index (Phi) is 6.66. The van der Waals surface area contributed by atoms with Crippen molar-refractivity contribution < 1.29 is 13.2 Å². The molecule has 3 aromatic heterocycles. The van der Waals surface area contributed by atoms with Gasteiger partial charge in [0.25, 0.3) is 0 Å². The van der Waals surface area contributed by atoms with E-state index < -0.39 is 11.7 Å². The summed E-state index contributed by atoms with van der Waals surface area (Å²) in [7, 11) is 3.77. The molecule has 1 fully saturated rings. The van der Waals surface area contributed by atoms with Gasteiger partial charge in [-0.1, -0.05) is 0 Å². The summed E-state index contributed by atoms with van der Waals surface area (Å²) in [6.45, 7) is 2.58. The van der Waals surface area contributed by atoms with Gasteiger partial charge in [0.1, 0.15) is 5.82 Å². The number of anilines is 2. The van der Waals surface area contributed by atoms with Gasteiger partial charge in [0.05, 0.1) is 15.8 Å². The van der Waals surface area contributed by atoms with Gasteiger partial charge in [0.15, 0.2) is 10.8 Å². The number of thiazole rings is 1. The van der Waals surface area contributed by atoms with Crippen molar-refractivity contribution in [3.8, 4) is 5.13 Å². The van der Waals surface area contributed by atoms with Gasteiger partial charge in [0.2, 0.25) is 5.43 Å². The van der Waals surface area contributed by atoms with Crippen molar-refractivity contribution in [1.82, 2.24) is 18.8 Å². The Morgan fingerprint density at radius 2 is 1.69 bits per heavy atom. The Hall–Kier alpha value is -3.09. The second kappa shape index (κ2) is 9.75. The highest BCUT2D eigenvalue weighted by atomic mass is 32.2. The molecule has 0 atom stereocenters. The number of nitrogens with zero attached hydrogens (tertiary/aromatic N) is 6. The van der Waals surface area contributed by atoms with Crippen LogP contribution in [-0.4, -0.2) is 59.1 Å². The van der Waals surface area contributed by atoms with E-state index in [0.717, 1.165) is 28.8 Å². The number of alkyl halides is 3. The van der Waals surface area contributed by atoms with Gasteiger partial charge in [-0.3, -0.25) is 13.7 Å². The normalized spacial score (nSPS) is 14.7. The van der Waals surface area contributed by atoms with Crippen LogP contribution < -0.4 is 15.2 Å². The van der Waals surface area contributed by atoms with E-state index in [1.807, 2.05) is 40.5 Å². The summed E-state index contributed by atoms with van der Waals surface area (Å²) in [5.74, 6) is 0.743. The predicted molar refractivity (Wildman–Crippen MR) is 138 cm³/mol. The molecule has 0 unspecified atom stereocenters. The molecule has 7 nitrogen and oxygen atoms in total. The number of fused-ring (bicyclic) bond motifs is 1. The second-order valence-corrected chi connectivity index (χ2v) is 10.7. The number of hydrogen-bond donors (Lipinski definition) is 0. The molecular weight excluding hydrogens is 509 g/mol. The van der Waals surface area contributed by atoms with E-state index in [1.165, 1.54) is 35.4 Å². The number of benzene rings is 1. The first-order chi connectivity index (χ1) is 17.2. The highest BCUT2D eigenvalue weighted by Crippen LogP contribution is 2.31. The lowest BCUT2D eigenvalue weighted by atomic mass is 10.1. The first-order valence-corrected chi connectivity index (χ1v) is 12.8. The fraction of sp³-hybridized carbons (Fsp3) is 0.292. The third kappa shape index (κ3) is 4.93. The van der Waals surface area contributed by atoms with Gasteiger partial charge in [-0.05, 0) is 62.4 Å². The lowest BCUT2D eigenvalue weighted by Gasteiger charge is -2.37. The molecule has 36 heavy (non-hydrogen) atoms. The molecule has 5 rings (SSSR count). The van der Waals surface area contributed by atoms with Crippen molar-refractivity contribution in [2.45, 2.75) is 11.1 Å². The van der Waals surface area contributed by atoms with Crippen LogP contribution in [0.2, 0.25) is 0 Å². The lowest BCUT2D eigenvalue weighted by Crippen LogP contribution is -2.46. The molecule has 4 heterocycles. The minimum absolute atomic E-state index is 0.0809. The highest BCUT2D eigenvalue weighted by molar-refractivity contribution is 7.97. The number of piperazine rings is 1. The van der Waals surface area contributed by atoms with Crippen molar-refractivity contribution in [2.24, 2.45) is 0 Å². The Labute approximate surface area is 213 Å². The zero-order valence-corrected chi connectivity index (χ0v) is 21.2. The van der Waals surface area contributed by atoms with E-state index in [-0.39, 0.29) is 5.43 Å². The minimum atomic E-state index is -4.34. The van der Waals surface area contributed by atoms with Crippen LogP contribution in [0, 0.1) is 0 Å². The maximum absolute atomic E-state index is 13.2. The van der Waals surface area contributed by atoms with Crippen LogP contribution in [0.3, 0.4) is 0 Å². The molecule has 0 N–H and O–H groups in total. The quantitative estimate of drug-likeness (QED) is 0.344. The van der Waals surface area contributed by atoms with E-state index in [1.54, 1.807) is 12.4 Å². The highest BCUT2D eigenvalue weighted by Gasteiger charge is 2.30. The monoisotopic (exact) mass is 532 g/mol. The van der Waals surface area contributed by atoms with Crippen LogP contribution in [-0.2, 0) is 6.18 Å². The second-order valence-electron chi connectivity index (χ2n) is 8.47. The Bertz CT molecular complexity index is 1410. The van der Waals surface area contributed by atoms with Crippen molar-refractivity contribution in [2.75, 3.05) is 50.1 Å². The molecule has 0 amide bonds. The van der Waals surface area contributed by atoms with E-state index >= 15 is 0 Å². The van der Waals surface area contributed by atoms with Crippen molar-refractivity contribution >= 4 is 45.8 Å². The van der Waals surface area contributed by atoms with E-state index in [9.17, 15) is 18.0 Å². The summed E-state index contributed by atoms with van der Waals surface area (Å²) >= 11 is 2.82. The summed E-state index contributed by atoms with van der Waals surface area (Å²) in [5.41, 5.74) is 0.574. The standard InChI is InChI=1S/C24H23F3N6OS2/c1-30(2)36-19-15-33(23-28-9-14-35-23)22-18(21(19)34)7-8-20(29-22)32-12-10-31(11-13-32)17-5-3-16(4-6-17)24(25,26)27/h3-9,14-15H,10-13H2,1-2H3. The van der Waals surface area contributed by atoms with Gasteiger partial charge in [-0.25, -0.2) is 9.97 Å². The molecular formula is C24H23F3N6OS2. The van der Waals surface area contributed by atoms with Crippen LogP contribution in [0.15, 0.2) is 63.9 Å². The van der Waals surface area contributed by atoms with Crippen molar-refractivity contribution in [3.63, 3.8) is 0 Å². The van der Waals surface area contributed by atoms with Gasteiger partial charge in [-0.2, -0.15) is 13.2 Å². The molecule has 12 heteroatoms. The first-order valence-electron chi connectivity index (χ1n) is 11.2. The summed E-state index contributed by atoms with van der Waals surface area (Å²) in [4.78, 5) is 27.2. The van der Waals surface area contributed by atoms with Crippen molar-refractivity contribution in [1.29, 1.82) is 0 Å². The van der Waals surface area contributed by atoms with Crippen LogP contribution in [0.1, 0.15) is 5.56 Å². The number of rotatable bonds is 5. The molecule has 0 saturated carbocycles. The van der Waals surface area contributed by atoms with Crippen LogP contribution >= 0.6 is 23.3 Å². The summed E-state index contributed by atoms with van der Waals surface area (Å²) in [6.07, 6.45) is -0.842. The fourth-order valence-corrected chi connectivity index (χ4v) is 5.50. The first kappa shape index (κ1) is 24.6. The zero-order valence-electron chi connectivity index (χ0n) is 19.6. The van der Waals surface area contributed by atoms with Gasteiger partial charge >= 0.3 is 6.18 Å². The zero-order chi connectivity index (χ0) is 25.4. The molecule has 4 aromatic rings. The molecule has 0 bridgehead atoms. The third-order valence-corrected chi connectivity index (χ3v) is 7.50. The summed E-state index contributed by atoms with van der Waals surface area (Å²) < 4.78 is 42.4. The summed E-state index contributed by atoms with van der Waals surface area (Å²) in [6, 6.07) is 8.94. The maximum atomic E-state index is 13.2. The molecule has 0 spiro atoms. The lowest BCUT2D eigenvalue weighted by molar-refractivity contribution is -0.137. The average molecular weight is 533 g/mol. The SMILES string of the molecule is CN(C)Sc1cn(-c2nccs2)c2nc(N3CCN(c4ccc(C(F)(F)F)cc4)CC3)ccc2c1=O. The molecule has 1 aromatic carbocycles. The number of hydrogen-bond acceptors (Lipinski definition) is 8. The van der Waals surface area contributed by atoms with Crippen LogP contribution in [0.4, 0.5) is 24.7 Å². The Morgan fingerprint density at radius 1 is 1.00 bits per heavy atom. The largest absolute Gasteiger partial charge is 0.416 e. The third-order valence-electron chi connectivity index (χ3n) is 5.87. The van der Waals surface area contributed by atoms with E-state index in [4.69, 9.17) is 4.98 Å². The molecule has 0 radical (unpaired) electrons. The fourth-order valence-electron chi connectivity index (χ4n) is 4.14. The van der Waals surface area contributed by atoms with E-state index in [2.05, 4.69) is 14.8 Å². The maximum Gasteiger partial charge on any atom is 0.416 e. The summed E-state index contributed by atoms with van der Waals surface area (Å²) in [5, 5.41) is 3.11. The topological polar surface area (TPSA) is 57.5 Å². The number of aromatic nitrogens is 3. The van der Waals surface area contributed by atoms with Gasteiger partial charge in [-0.15, -0.1) is 11.3 Å². The molecule has 1 aliphatic rings. The number of pyridine rings is 2. The van der Waals surface area contributed by atoms with Crippen molar-refractivity contribution in [3.05, 3.63) is 70.0 Å². The van der Waals surface area contributed by atoms with Gasteiger partial charge in [0, 0.05) is 49.6 Å². The number of halogens is 3. The molecule has 1 saturated heterocycles. The molecule has 188 valence electrons. The van der Waals surface area contributed by atoms with E-state index in [0.29, 0.717) is 42.1 Å². The Balaban J connectivity index is 1.41. The molecule has 0 aliphatic carbocycles. The van der Waals surface area contributed by atoms with Crippen LogP contribution in [0.25, 0.3) is 16.2 Å². The van der Waals surface area contributed by atoms with Gasteiger partial charge < -0.3 is 9.80 Å². The smallest absolute Gasteiger partial charge is 0.368 e. The molecule has 1 aliphatic heterocycles. The predicted octanol–water partition coefficient (Wildman–Crippen LogP) is 4.76. The Morgan fingerprint density at radius 3 is 2.31 bits per heavy atom. The van der Waals surface area contributed by atoms with Crippen LogP contribution in [0.5, 0.6) is 0 Å². The average Bonchev–Trinajstić information content (AvgIpc) is 3.40.